The minimum absolute atomic E-state index is 0.720. The molecule has 3 heteroatoms. The van der Waals surface area contributed by atoms with Crippen molar-refractivity contribution in [3.8, 4) is 0 Å². The molecule has 0 saturated carbocycles. The van der Waals surface area contributed by atoms with Crippen LogP contribution in [0.25, 0.3) is 0 Å². The van der Waals surface area contributed by atoms with E-state index < -0.39 is 3.79 Å². The fourth-order valence-electron chi connectivity index (χ4n) is 1.15. The molecule has 0 N–H and O–H groups in total. The molecule has 1 aromatic rings. The highest BCUT2D eigenvalue weighted by atomic mass is 35.6. The maximum atomic E-state index is 5.72. The average Bonchev–Trinajstić information content (AvgIpc) is 2.04. The Balaban J connectivity index is 2.81. The predicted molar refractivity (Wildman–Crippen MR) is 59.7 cm³/mol. The Morgan fingerprint density at radius 1 is 1.08 bits per heavy atom. The SMILES string of the molecule is CCCc1ccc(C(Cl)(Cl)Cl)cc1. The number of hydrogen-bond donors (Lipinski definition) is 0. The molecule has 0 heterocycles. The largest absolute Gasteiger partial charge is 0.216 e. The van der Waals surface area contributed by atoms with Crippen molar-refractivity contribution in [1.29, 1.82) is 0 Å². The lowest BCUT2D eigenvalue weighted by atomic mass is 10.1. The van der Waals surface area contributed by atoms with Gasteiger partial charge in [-0.25, -0.2) is 0 Å². The Kier molecular flexibility index (Phi) is 3.90. The molecule has 13 heavy (non-hydrogen) atoms. The molecule has 0 aliphatic rings. The summed E-state index contributed by atoms with van der Waals surface area (Å²) in [6, 6.07) is 7.72. The van der Waals surface area contributed by atoms with Gasteiger partial charge in [0.25, 0.3) is 0 Å². The van der Waals surface area contributed by atoms with Crippen LogP contribution in [0.5, 0.6) is 0 Å². The molecular weight excluding hydrogens is 226 g/mol. The van der Waals surface area contributed by atoms with Gasteiger partial charge in [-0.1, -0.05) is 72.4 Å². The number of aryl methyl sites for hydroxylation is 1. The van der Waals surface area contributed by atoms with Crippen molar-refractivity contribution in [2.75, 3.05) is 0 Å². The van der Waals surface area contributed by atoms with Crippen LogP contribution in [0.3, 0.4) is 0 Å². The van der Waals surface area contributed by atoms with Crippen molar-refractivity contribution in [2.24, 2.45) is 0 Å². The standard InChI is InChI=1S/C10H11Cl3/c1-2-3-8-4-6-9(7-5-8)10(11,12)13/h4-7H,2-3H2,1H3. The predicted octanol–water partition coefficient (Wildman–Crippen LogP) is 4.47. The Labute approximate surface area is 93.8 Å². The van der Waals surface area contributed by atoms with Gasteiger partial charge in [-0.05, 0) is 12.0 Å². The molecule has 0 amide bonds. The topological polar surface area (TPSA) is 0 Å². The minimum atomic E-state index is -1.30. The molecule has 0 atom stereocenters. The lowest BCUT2D eigenvalue weighted by Gasteiger charge is -2.11. The van der Waals surface area contributed by atoms with E-state index in [2.05, 4.69) is 6.92 Å². The van der Waals surface area contributed by atoms with E-state index in [9.17, 15) is 0 Å². The first-order valence-electron chi connectivity index (χ1n) is 4.20. The molecule has 0 fully saturated rings. The van der Waals surface area contributed by atoms with Gasteiger partial charge >= 0.3 is 0 Å². The van der Waals surface area contributed by atoms with Gasteiger partial charge in [0.1, 0.15) is 0 Å². The maximum Gasteiger partial charge on any atom is 0.216 e. The van der Waals surface area contributed by atoms with Crippen LogP contribution in [0, 0.1) is 0 Å². The van der Waals surface area contributed by atoms with Crippen LogP contribution in [-0.2, 0) is 10.2 Å². The second-order valence-electron chi connectivity index (χ2n) is 2.94. The summed E-state index contributed by atoms with van der Waals surface area (Å²) in [4.78, 5) is 0. The Bertz CT molecular complexity index is 258. The van der Waals surface area contributed by atoms with Crippen LogP contribution in [-0.4, -0.2) is 0 Å². The first-order chi connectivity index (χ1) is 6.04. The Hall–Kier alpha value is 0.0900. The molecule has 0 aliphatic carbocycles. The highest BCUT2D eigenvalue weighted by molar-refractivity contribution is 6.66. The van der Waals surface area contributed by atoms with E-state index in [1.54, 1.807) is 0 Å². The molecule has 1 aromatic carbocycles. The first kappa shape index (κ1) is 11.2. The lowest BCUT2D eigenvalue weighted by molar-refractivity contribution is 0.920. The monoisotopic (exact) mass is 236 g/mol. The third kappa shape index (κ3) is 3.38. The zero-order valence-electron chi connectivity index (χ0n) is 7.36. The average molecular weight is 238 g/mol. The molecule has 0 nitrogen and oxygen atoms in total. The van der Waals surface area contributed by atoms with Crippen molar-refractivity contribution in [3.63, 3.8) is 0 Å². The van der Waals surface area contributed by atoms with E-state index in [0.717, 1.165) is 18.4 Å². The molecule has 0 radical (unpaired) electrons. The van der Waals surface area contributed by atoms with Gasteiger partial charge in [0, 0.05) is 5.56 Å². The summed E-state index contributed by atoms with van der Waals surface area (Å²) in [5.41, 5.74) is 2.00. The van der Waals surface area contributed by atoms with Gasteiger partial charge < -0.3 is 0 Å². The van der Waals surface area contributed by atoms with Gasteiger partial charge in [-0.3, -0.25) is 0 Å². The summed E-state index contributed by atoms with van der Waals surface area (Å²) < 4.78 is -1.30. The normalized spacial score (nSPS) is 11.7. The lowest BCUT2D eigenvalue weighted by Crippen LogP contribution is -1.99. The number of benzene rings is 1. The van der Waals surface area contributed by atoms with E-state index >= 15 is 0 Å². The molecule has 72 valence electrons. The fraction of sp³-hybridized carbons (Fsp3) is 0.400. The molecule has 0 saturated heterocycles. The molecule has 0 bridgehead atoms. The molecule has 0 unspecified atom stereocenters. The summed E-state index contributed by atoms with van der Waals surface area (Å²) in [7, 11) is 0. The number of hydrogen-bond acceptors (Lipinski definition) is 0. The fourth-order valence-corrected chi connectivity index (χ4v) is 1.53. The minimum Gasteiger partial charge on any atom is -0.0784 e. The van der Waals surface area contributed by atoms with Crippen LogP contribution in [0.1, 0.15) is 24.5 Å². The smallest absolute Gasteiger partial charge is 0.0784 e. The Morgan fingerprint density at radius 3 is 2.00 bits per heavy atom. The summed E-state index contributed by atoms with van der Waals surface area (Å²) >= 11 is 17.2. The van der Waals surface area contributed by atoms with Crippen LogP contribution in [0.2, 0.25) is 0 Å². The molecule has 0 aromatic heterocycles. The van der Waals surface area contributed by atoms with Crippen LogP contribution in [0.15, 0.2) is 24.3 Å². The highest BCUT2D eigenvalue weighted by Crippen LogP contribution is 2.37. The molecule has 0 spiro atoms. The summed E-state index contributed by atoms with van der Waals surface area (Å²) in [5.74, 6) is 0. The molecular formula is C10H11Cl3. The van der Waals surface area contributed by atoms with Crippen molar-refractivity contribution >= 4 is 34.8 Å². The van der Waals surface area contributed by atoms with E-state index in [-0.39, 0.29) is 0 Å². The second-order valence-corrected chi connectivity index (χ2v) is 5.23. The first-order valence-corrected chi connectivity index (χ1v) is 5.33. The maximum absolute atomic E-state index is 5.72. The number of alkyl halides is 3. The van der Waals surface area contributed by atoms with E-state index in [0.29, 0.717) is 0 Å². The van der Waals surface area contributed by atoms with Gasteiger partial charge in [-0.2, -0.15) is 0 Å². The van der Waals surface area contributed by atoms with Gasteiger partial charge in [0.05, 0.1) is 0 Å². The summed E-state index contributed by atoms with van der Waals surface area (Å²) in [6.07, 6.45) is 2.20. The third-order valence-electron chi connectivity index (χ3n) is 1.82. The summed E-state index contributed by atoms with van der Waals surface area (Å²) in [6.45, 7) is 2.14. The Morgan fingerprint density at radius 2 is 1.62 bits per heavy atom. The number of halogens is 3. The van der Waals surface area contributed by atoms with Gasteiger partial charge in [-0.15, -0.1) is 0 Å². The number of rotatable bonds is 2. The van der Waals surface area contributed by atoms with Crippen LogP contribution < -0.4 is 0 Å². The highest BCUT2D eigenvalue weighted by Gasteiger charge is 2.21. The zero-order valence-corrected chi connectivity index (χ0v) is 9.63. The van der Waals surface area contributed by atoms with Crippen LogP contribution in [0.4, 0.5) is 0 Å². The summed E-state index contributed by atoms with van der Waals surface area (Å²) in [5, 5.41) is 0. The van der Waals surface area contributed by atoms with Crippen molar-refractivity contribution in [2.45, 2.75) is 23.6 Å². The third-order valence-corrected chi connectivity index (χ3v) is 2.47. The molecule has 1 rings (SSSR count). The van der Waals surface area contributed by atoms with Crippen LogP contribution >= 0.6 is 34.8 Å². The van der Waals surface area contributed by atoms with Gasteiger partial charge in [0.15, 0.2) is 0 Å². The quantitative estimate of drug-likeness (QED) is 0.666. The van der Waals surface area contributed by atoms with Crippen molar-refractivity contribution < 1.29 is 0 Å². The zero-order chi connectivity index (χ0) is 9.90. The van der Waals surface area contributed by atoms with Gasteiger partial charge in [0.2, 0.25) is 3.79 Å². The van der Waals surface area contributed by atoms with Crippen molar-refractivity contribution in [1.82, 2.24) is 0 Å². The second kappa shape index (κ2) is 4.54. The van der Waals surface area contributed by atoms with E-state index in [1.807, 2.05) is 24.3 Å². The van der Waals surface area contributed by atoms with E-state index in [4.69, 9.17) is 34.8 Å². The van der Waals surface area contributed by atoms with E-state index in [1.165, 1.54) is 5.56 Å². The van der Waals surface area contributed by atoms with Crippen molar-refractivity contribution in [3.05, 3.63) is 35.4 Å². The molecule has 0 aliphatic heterocycles.